The number of H-pyrrole nitrogens is 1. The van der Waals surface area contributed by atoms with E-state index in [4.69, 9.17) is 0 Å². The second kappa shape index (κ2) is 5.22. The van der Waals surface area contributed by atoms with Gasteiger partial charge in [0.05, 0.1) is 5.60 Å². The fraction of sp³-hybridized carbons (Fsp3) is 0.800. The lowest BCUT2D eigenvalue weighted by Gasteiger charge is -2.26. The summed E-state index contributed by atoms with van der Waals surface area (Å²) in [6.45, 7) is 0.250. The smallest absolute Gasteiger partial charge is 0.292 e. The van der Waals surface area contributed by atoms with Crippen LogP contribution in [0.2, 0.25) is 0 Å². The van der Waals surface area contributed by atoms with Gasteiger partial charge in [-0.25, -0.2) is 0 Å². The van der Waals surface area contributed by atoms with Gasteiger partial charge in [-0.1, -0.05) is 25.7 Å². The van der Waals surface area contributed by atoms with E-state index in [1.165, 1.54) is 0 Å². The maximum absolute atomic E-state index is 11.6. The van der Waals surface area contributed by atoms with Gasteiger partial charge < -0.3 is 10.4 Å². The summed E-state index contributed by atoms with van der Waals surface area (Å²) in [5.41, 5.74) is -0.782. The predicted molar refractivity (Wildman–Crippen MR) is 59.2 cm³/mol. The number of nitrogens with one attached hydrogen (secondary N) is 2. The van der Waals surface area contributed by atoms with Crippen LogP contribution < -0.4 is 5.32 Å². The topological polar surface area (TPSA) is 104 Å². The normalized spacial score (nSPS) is 19.6. The molecular weight excluding hydrogens is 222 g/mol. The molecule has 0 aliphatic heterocycles. The third-order valence-electron chi connectivity index (χ3n) is 3.16. The lowest BCUT2D eigenvalue weighted by atomic mass is 9.94. The fourth-order valence-electron chi connectivity index (χ4n) is 2.15. The monoisotopic (exact) mass is 239 g/mol. The molecule has 1 heterocycles. The minimum atomic E-state index is -0.782. The number of hydrogen-bond donors (Lipinski definition) is 3. The van der Waals surface area contributed by atoms with Crippen LogP contribution in [0.3, 0.4) is 0 Å². The predicted octanol–water partition coefficient (Wildman–Crippen LogP) is 0.0148. The molecule has 94 valence electrons. The molecule has 7 nitrogen and oxygen atoms in total. The van der Waals surface area contributed by atoms with Gasteiger partial charge in [0.15, 0.2) is 0 Å². The first-order valence-corrected chi connectivity index (χ1v) is 5.94. The van der Waals surface area contributed by atoms with Crippen molar-refractivity contribution in [1.29, 1.82) is 0 Å². The van der Waals surface area contributed by atoms with Crippen molar-refractivity contribution in [2.75, 3.05) is 6.54 Å². The van der Waals surface area contributed by atoms with Crippen molar-refractivity contribution in [3.05, 3.63) is 5.82 Å². The number of carbonyl (C=O) groups excluding carboxylic acids is 1. The number of aromatic amines is 1. The van der Waals surface area contributed by atoms with E-state index in [1.807, 2.05) is 0 Å². The molecule has 0 saturated heterocycles. The van der Waals surface area contributed by atoms with E-state index < -0.39 is 11.5 Å². The third kappa shape index (κ3) is 3.23. The van der Waals surface area contributed by atoms with Crippen LogP contribution in [0.15, 0.2) is 0 Å². The van der Waals surface area contributed by atoms with Crippen LogP contribution in [0.4, 0.5) is 0 Å². The minimum Gasteiger partial charge on any atom is -0.388 e. The Morgan fingerprint density at radius 2 is 2.06 bits per heavy atom. The Hall–Kier alpha value is -1.50. The first-order chi connectivity index (χ1) is 8.20. The summed E-state index contributed by atoms with van der Waals surface area (Å²) in [5.74, 6) is -0.404. The molecule has 1 aromatic rings. The molecule has 3 N–H and O–H groups in total. The molecule has 0 spiro atoms. The zero-order valence-corrected chi connectivity index (χ0v) is 9.65. The van der Waals surface area contributed by atoms with Crippen molar-refractivity contribution in [2.45, 2.75) is 44.1 Å². The molecule has 1 aromatic heterocycles. The molecule has 7 heteroatoms. The fourth-order valence-corrected chi connectivity index (χ4v) is 2.15. The molecule has 0 unspecified atom stereocenters. The molecule has 0 aromatic carbocycles. The molecule has 0 atom stereocenters. The number of aromatic nitrogens is 4. The standard InChI is InChI=1S/C10H17N5O2/c16-9(8-12-14-15-13-8)11-7-10(17)5-3-1-2-4-6-10/h17H,1-7H2,(H,11,16)(H,12,13,14,15). The number of carbonyl (C=O) groups is 1. The number of amides is 1. The Balaban J connectivity index is 1.86. The molecule has 0 bridgehead atoms. The van der Waals surface area contributed by atoms with Gasteiger partial charge in [0.1, 0.15) is 0 Å². The van der Waals surface area contributed by atoms with E-state index in [0.29, 0.717) is 0 Å². The van der Waals surface area contributed by atoms with E-state index in [2.05, 4.69) is 25.9 Å². The summed E-state index contributed by atoms with van der Waals surface area (Å²) in [6.07, 6.45) is 5.80. The van der Waals surface area contributed by atoms with E-state index in [1.54, 1.807) is 0 Å². The summed E-state index contributed by atoms with van der Waals surface area (Å²) in [4.78, 5) is 11.6. The van der Waals surface area contributed by atoms with Gasteiger partial charge in [0.2, 0.25) is 0 Å². The third-order valence-corrected chi connectivity index (χ3v) is 3.16. The van der Waals surface area contributed by atoms with Crippen LogP contribution in [-0.4, -0.2) is 43.8 Å². The summed E-state index contributed by atoms with van der Waals surface area (Å²) in [7, 11) is 0. The van der Waals surface area contributed by atoms with E-state index in [0.717, 1.165) is 38.5 Å². The van der Waals surface area contributed by atoms with Gasteiger partial charge in [-0.05, 0) is 18.1 Å². The number of nitrogens with zero attached hydrogens (tertiary/aromatic N) is 3. The highest BCUT2D eigenvalue weighted by atomic mass is 16.3. The van der Waals surface area contributed by atoms with Crippen LogP contribution in [-0.2, 0) is 0 Å². The minimum absolute atomic E-state index is 0.00206. The highest BCUT2D eigenvalue weighted by molar-refractivity contribution is 5.90. The molecule has 2 rings (SSSR count). The maximum atomic E-state index is 11.6. The first kappa shape index (κ1) is 12.0. The van der Waals surface area contributed by atoms with Crippen molar-refractivity contribution in [3.8, 4) is 0 Å². The summed E-state index contributed by atoms with van der Waals surface area (Å²) in [6, 6.07) is 0. The van der Waals surface area contributed by atoms with E-state index in [9.17, 15) is 9.90 Å². The molecule has 0 radical (unpaired) electrons. The zero-order chi connectivity index (χ0) is 12.1. The van der Waals surface area contributed by atoms with Gasteiger partial charge in [0, 0.05) is 6.54 Å². The highest BCUT2D eigenvalue weighted by Crippen LogP contribution is 2.26. The summed E-state index contributed by atoms with van der Waals surface area (Å²) < 4.78 is 0. The average Bonchev–Trinajstić information content (AvgIpc) is 2.77. The van der Waals surface area contributed by atoms with Crippen molar-refractivity contribution >= 4 is 5.91 Å². The van der Waals surface area contributed by atoms with Gasteiger partial charge in [-0.15, -0.1) is 10.2 Å². The maximum Gasteiger partial charge on any atom is 0.292 e. The molecule has 1 fully saturated rings. The Bertz CT molecular complexity index is 357. The molecule has 1 saturated carbocycles. The Labute approximate surface area is 99.0 Å². The largest absolute Gasteiger partial charge is 0.388 e. The van der Waals surface area contributed by atoms with E-state index >= 15 is 0 Å². The number of hydrogen-bond acceptors (Lipinski definition) is 5. The van der Waals surface area contributed by atoms with Crippen molar-refractivity contribution in [2.24, 2.45) is 0 Å². The van der Waals surface area contributed by atoms with Crippen LogP contribution in [0.5, 0.6) is 0 Å². The van der Waals surface area contributed by atoms with Crippen LogP contribution in [0, 0.1) is 0 Å². The van der Waals surface area contributed by atoms with Gasteiger partial charge in [-0.3, -0.25) is 4.79 Å². The molecule has 1 aliphatic carbocycles. The first-order valence-electron chi connectivity index (χ1n) is 5.94. The summed E-state index contributed by atoms with van der Waals surface area (Å²) >= 11 is 0. The second-order valence-corrected chi connectivity index (χ2v) is 4.56. The highest BCUT2D eigenvalue weighted by Gasteiger charge is 2.28. The lowest BCUT2D eigenvalue weighted by molar-refractivity contribution is 0.0245. The van der Waals surface area contributed by atoms with Gasteiger partial charge in [0.25, 0.3) is 11.7 Å². The molecular formula is C10H17N5O2. The molecule has 1 amide bonds. The van der Waals surface area contributed by atoms with Crippen molar-refractivity contribution < 1.29 is 9.90 Å². The number of aliphatic hydroxyl groups is 1. The van der Waals surface area contributed by atoms with Crippen LogP contribution in [0.25, 0.3) is 0 Å². The second-order valence-electron chi connectivity index (χ2n) is 4.56. The Kier molecular flexibility index (Phi) is 3.68. The van der Waals surface area contributed by atoms with Crippen LogP contribution in [0.1, 0.15) is 49.1 Å². The Morgan fingerprint density at radius 1 is 1.35 bits per heavy atom. The number of tetrazole rings is 1. The van der Waals surface area contributed by atoms with Gasteiger partial charge >= 0.3 is 0 Å². The average molecular weight is 239 g/mol. The quantitative estimate of drug-likeness (QED) is 0.645. The van der Waals surface area contributed by atoms with Gasteiger partial charge in [-0.2, -0.15) is 5.21 Å². The SMILES string of the molecule is O=C(NCC1(O)CCCCCC1)c1nn[nH]n1. The molecule has 1 aliphatic rings. The summed E-state index contributed by atoms with van der Waals surface area (Å²) in [5, 5.41) is 25.7. The zero-order valence-electron chi connectivity index (χ0n) is 9.65. The Morgan fingerprint density at radius 3 is 2.65 bits per heavy atom. The number of rotatable bonds is 3. The van der Waals surface area contributed by atoms with Crippen molar-refractivity contribution in [1.82, 2.24) is 25.9 Å². The molecule has 17 heavy (non-hydrogen) atoms. The van der Waals surface area contributed by atoms with Crippen LogP contribution >= 0.6 is 0 Å². The van der Waals surface area contributed by atoms with E-state index in [-0.39, 0.29) is 12.4 Å². The lowest BCUT2D eigenvalue weighted by Crippen LogP contribution is -2.42. The van der Waals surface area contributed by atoms with Crippen molar-refractivity contribution in [3.63, 3.8) is 0 Å².